The monoisotopic (exact) mass is 343 g/mol. The van der Waals surface area contributed by atoms with Crippen LogP contribution < -0.4 is 14.8 Å². The highest BCUT2D eigenvalue weighted by Crippen LogP contribution is 2.32. The summed E-state index contributed by atoms with van der Waals surface area (Å²) in [6.07, 6.45) is 3.18. The van der Waals surface area contributed by atoms with E-state index in [9.17, 15) is 4.79 Å². The number of benzene rings is 2. The fraction of sp³-hybridized carbons (Fsp3) is 0.211. The van der Waals surface area contributed by atoms with Crippen molar-refractivity contribution in [1.29, 1.82) is 0 Å². The lowest BCUT2D eigenvalue weighted by molar-refractivity contribution is -0.117. The Bertz CT molecular complexity index is 773. The summed E-state index contributed by atoms with van der Waals surface area (Å²) in [6, 6.07) is 12.9. The number of amides is 1. The number of carbonyl (C=O) groups excluding carboxylic acids is 1. The van der Waals surface area contributed by atoms with Crippen LogP contribution in [-0.4, -0.2) is 19.1 Å². The molecule has 1 N–H and O–H groups in total. The Balaban J connectivity index is 1.65. The molecule has 2 aromatic carbocycles. The summed E-state index contributed by atoms with van der Waals surface area (Å²) < 4.78 is 11.1. The van der Waals surface area contributed by atoms with Crippen molar-refractivity contribution in [2.45, 2.75) is 13.0 Å². The van der Waals surface area contributed by atoms with Gasteiger partial charge >= 0.3 is 0 Å². The molecule has 24 heavy (non-hydrogen) atoms. The molecule has 5 heteroatoms. The maximum atomic E-state index is 12.1. The van der Waals surface area contributed by atoms with Crippen molar-refractivity contribution in [3.63, 3.8) is 0 Å². The molecule has 0 aromatic heterocycles. The summed E-state index contributed by atoms with van der Waals surface area (Å²) in [7, 11) is 0. The minimum Gasteiger partial charge on any atom is -0.486 e. The average molecular weight is 344 g/mol. The van der Waals surface area contributed by atoms with Gasteiger partial charge in [0.15, 0.2) is 11.5 Å². The van der Waals surface area contributed by atoms with Crippen molar-refractivity contribution in [2.75, 3.05) is 13.2 Å². The average Bonchev–Trinajstić information content (AvgIpc) is 2.60. The summed E-state index contributed by atoms with van der Waals surface area (Å²) in [4.78, 5) is 12.1. The van der Waals surface area contributed by atoms with Crippen LogP contribution in [0.25, 0.3) is 6.08 Å². The topological polar surface area (TPSA) is 47.6 Å². The molecule has 2 aromatic rings. The highest BCUT2D eigenvalue weighted by atomic mass is 35.5. The summed E-state index contributed by atoms with van der Waals surface area (Å²) in [5, 5.41) is 3.54. The molecule has 1 amide bonds. The van der Waals surface area contributed by atoms with Crippen LogP contribution in [0.2, 0.25) is 5.02 Å². The van der Waals surface area contributed by atoms with Gasteiger partial charge in [-0.25, -0.2) is 0 Å². The van der Waals surface area contributed by atoms with Gasteiger partial charge in [-0.1, -0.05) is 35.9 Å². The molecule has 1 aliphatic rings. The van der Waals surface area contributed by atoms with E-state index >= 15 is 0 Å². The molecule has 0 radical (unpaired) electrons. The molecule has 1 atom stereocenters. The number of hydrogen-bond donors (Lipinski definition) is 1. The third-order valence-corrected chi connectivity index (χ3v) is 4.09. The van der Waals surface area contributed by atoms with Gasteiger partial charge in [-0.15, -0.1) is 0 Å². The van der Waals surface area contributed by atoms with E-state index in [1.165, 1.54) is 6.08 Å². The Morgan fingerprint density at radius 1 is 1.17 bits per heavy atom. The Morgan fingerprint density at radius 2 is 1.92 bits per heavy atom. The molecule has 0 saturated carbocycles. The van der Waals surface area contributed by atoms with Crippen LogP contribution in [0.4, 0.5) is 0 Å². The number of nitrogens with one attached hydrogen (secondary N) is 1. The maximum absolute atomic E-state index is 12.1. The van der Waals surface area contributed by atoms with Crippen LogP contribution in [0.15, 0.2) is 48.5 Å². The predicted molar refractivity (Wildman–Crippen MR) is 94.5 cm³/mol. The van der Waals surface area contributed by atoms with Crippen molar-refractivity contribution in [1.82, 2.24) is 5.32 Å². The van der Waals surface area contributed by atoms with E-state index in [1.807, 2.05) is 43.3 Å². The van der Waals surface area contributed by atoms with Crippen LogP contribution >= 0.6 is 11.6 Å². The second-order valence-corrected chi connectivity index (χ2v) is 5.90. The third-order valence-electron chi connectivity index (χ3n) is 3.74. The van der Waals surface area contributed by atoms with Crippen LogP contribution in [-0.2, 0) is 4.79 Å². The Kier molecular flexibility index (Phi) is 5.06. The smallest absolute Gasteiger partial charge is 0.244 e. The predicted octanol–water partition coefficient (Wildman–Crippen LogP) is 4.00. The van der Waals surface area contributed by atoms with E-state index in [1.54, 1.807) is 12.1 Å². The number of carbonyl (C=O) groups is 1. The van der Waals surface area contributed by atoms with Gasteiger partial charge in [0.2, 0.25) is 5.91 Å². The van der Waals surface area contributed by atoms with Crippen LogP contribution in [0, 0.1) is 0 Å². The van der Waals surface area contributed by atoms with Gasteiger partial charge in [-0.3, -0.25) is 4.79 Å². The Morgan fingerprint density at radius 3 is 2.71 bits per heavy atom. The molecule has 1 heterocycles. The van der Waals surface area contributed by atoms with E-state index in [4.69, 9.17) is 21.1 Å². The molecule has 1 aliphatic heterocycles. The zero-order valence-corrected chi connectivity index (χ0v) is 14.0. The lowest BCUT2D eigenvalue weighted by atomic mass is 10.1. The van der Waals surface area contributed by atoms with Gasteiger partial charge in [0.05, 0.1) is 6.04 Å². The van der Waals surface area contributed by atoms with Crippen molar-refractivity contribution >= 4 is 23.6 Å². The van der Waals surface area contributed by atoms with Crippen LogP contribution in [0.1, 0.15) is 24.1 Å². The SMILES string of the molecule is C[C@H](NC(=O)/C=C/c1ccccc1Cl)c1ccc2c(c1)OCCO2. The second kappa shape index (κ2) is 7.41. The zero-order valence-electron chi connectivity index (χ0n) is 13.3. The molecule has 0 fully saturated rings. The fourth-order valence-corrected chi connectivity index (χ4v) is 2.65. The number of ether oxygens (including phenoxy) is 2. The first-order valence-electron chi connectivity index (χ1n) is 7.76. The second-order valence-electron chi connectivity index (χ2n) is 5.49. The maximum Gasteiger partial charge on any atom is 0.244 e. The fourth-order valence-electron chi connectivity index (χ4n) is 2.45. The van der Waals surface area contributed by atoms with E-state index in [0.29, 0.717) is 24.0 Å². The molecule has 0 unspecified atom stereocenters. The van der Waals surface area contributed by atoms with Crippen LogP contribution in [0.5, 0.6) is 11.5 Å². The molecule has 124 valence electrons. The van der Waals surface area contributed by atoms with Gasteiger partial charge in [-0.05, 0) is 42.3 Å². The summed E-state index contributed by atoms with van der Waals surface area (Å²) >= 11 is 6.07. The molecule has 0 spiro atoms. The standard InChI is InChI=1S/C19H18ClNO3/c1-13(15-6-8-17-18(12-15)24-11-10-23-17)21-19(22)9-7-14-4-2-3-5-16(14)20/h2-9,12-13H,10-11H2,1H3,(H,21,22)/b9-7+/t13-/m0/s1. The van der Waals surface area contributed by atoms with E-state index in [0.717, 1.165) is 16.9 Å². The quantitative estimate of drug-likeness (QED) is 0.853. The van der Waals surface area contributed by atoms with Gasteiger partial charge in [0.1, 0.15) is 13.2 Å². The normalized spacial score (nSPS) is 14.4. The van der Waals surface area contributed by atoms with Gasteiger partial charge in [0, 0.05) is 11.1 Å². The molecule has 0 aliphatic carbocycles. The van der Waals surface area contributed by atoms with Gasteiger partial charge < -0.3 is 14.8 Å². The summed E-state index contributed by atoms with van der Waals surface area (Å²) in [5.74, 6) is 1.27. The highest BCUT2D eigenvalue weighted by Gasteiger charge is 2.15. The molecule has 0 bridgehead atoms. The number of hydrogen-bond acceptors (Lipinski definition) is 3. The summed E-state index contributed by atoms with van der Waals surface area (Å²) in [5.41, 5.74) is 1.76. The first-order valence-corrected chi connectivity index (χ1v) is 8.14. The first-order chi connectivity index (χ1) is 11.6. The van der Waals surface area contributed by atoms with Crippen molar-refractivity contribution in [3.8, 4) is 11.5 Å². The number of halogens is 1. The molecule has 3 rings (SSSR count). The van der Waals surface area contributed by atoms with E-state index in [-0.39, 0.29) is 11.9 Å². The number of rotatable bonds is 4. The van der Waals surface area contributed by atoms with E-state index in [2.05, 4.69) is 5.32 Å². The lowest BCUT2D eigenvalue weighted by Gasteiger charge is -2.20. The van der Waals surface area contributed by atoms with E-state index < -0.39 is 0 Å². The molecule has 4 nitrogen and oxygen atoms in total. The van der Waals surface area contributed by atoms with Gasteiger partial charge in [-0.2, -0.15) is 0 Å². The van der Waals surface area contributed by atoms with Crippen LogP contribution in [0.3, 0.4) is 0 Å². The molecule has 0 saturated heterocycles. The largest absolute Gasteiger partial charge is 0.486 e. The Hall–Kier alpha value is -2.46. The lowest BCUT2D eigenvalue weighted by Crippen LogP contribution is -2.25. The zero-order chi connectivity index (χ0) is 16.9. The highest BCUT2D eigenvalue weighted by molar-refractivity contribution is 6.32. The Labute approximate surface area is 146 Å². The first kappa shape index (κ1) is 16.4. The molecular formula is C19H18ClNO3. The molecular weight excluding hydrogens is 326 g/mol. The van der Waals surface area contributed by atoms with Gasteiger partial charge in [0.25, 0.3) is 0 Å². The third kappa shape index (κ3) is 3.89. The number of fused-ring (bicyclic) bond motifs is 1. The summed E-state index contributed by atoms with van der Waals surface area (Å²) in [6.45, 7) is 3.02. The van der Waals surface area contributed by atoms with Crippen molar-refractivity contribution in [2.24, 2.45) is 0 Å². The van der Waals surface area contributed by atoms with Crippen molar-refractivity contribution in [3.05, 3.63) is 64.7 Å². The minimum atomic E-state index is -0.183. The minimum absolute atomic E-state index is 0.149. The van der Waals surface area contributed by atoms with Crippen molar-refractivity contribution < 1.29 is 14.3 Å².